The quantitative estimate of drug-likeness (QED) is 0.206. The Hall–Kier alpha value is -1.94. The van der Waals surface area contributed by atoms with Crippen molar-refractivity contribution < 1.29 is 10.2 Å². The second-order valence-electron chi connectivity index (χ2n) is 7.33. The number of aromatic nitrogens is 3. The Balaban J connectivity index is 1.84. The first-order valence-corrected chi connectivity index (χ1v) is 11.4. The second kappa shape index (κ2) is 10.2. The molecule has 156 valence electrons. The van der Waals surface area contributed by atoms with Crippen molar-refractivity contribution >= 4 is 44.4 Å². The molecule has 0 saturated carbocycles. The van der Waals surface area contributed by atoms with E-state index in [4.69, 9.17) is 10.1 Å². The highest BCUT2D eigenvalue weighted by molar-refractivity contribution is 7.98. The number of hydrogen-bond donors (Lipinski definition) is 4. The van der Waals surface area contributed by atoms with E-state index < -0.39 is 5.54 Å². The summed E-state index contributed by atoms with van der Waals surface area (Å²) >= 11 is 3.05. The molecule has 0 spiro atoms. The van der Waals surface area contributed by atoms with E-state index in [1.807, 2.05) is 32.0 Å². The topological polar surface area (TPSA) is 103 Å². The number of aliphatic hydroxyl groups is 2. The Morgan fingerprint density at radius 3 is 2.59 bits per heavy atom. The number of nitrogens with one attached hydrogen (secondary N) is 2. The molecule has 0 amide bonds. The first-order chi connectivity index (χ1) is 14.0. The van der Waals surface area contributed by atoms with Crippen LogP contribution in [0.3, 0.4) is 0 Å². The molecule has 1 aromatic carbocycles. The monoisotopic (exact) mass is 433 g/mol. The molecule has 7 nitrogen and oxygen atoms in total. The average molecular weight is 434 g/mol. The van der Waals surface area contributed by atoms with Gasteiger partial charge in [0.1, 0.15) is 4.70 Å². The smallest absolute Gasteiger partial charge is 0.191 e. The lowest BCUT2D eigenvalue weighted by atomic mass is 10.1. The molecule has 4 N–H and O–H groups in total. The number of nitrogens with zero attached hydrogens (tertiary/aromatic N) is 3. The van der Waals surface area contributed by atoms with E-state index in [0.717, 1.165) is 35.0 Å². The van der Waals surface area contributed by atoms with Gasteiger partial charge in [0.15, 0.2) is 21.8 Å². The van der Waals surface area contributed by atoms with Crippen molar-refractivity contribution in [2.45, 2.75) is 43.1 Å². The number of anilines is 2. The number of rotatable bonds is 11. The predicted molar refractivity (Wildman–Crippen MR) is 121 cm³/mol. The van der Waals surface area contributed by atoms with Crippen LogP contribution in [0, 0.1) is 0 Å². The summed E-state index contributed by atoms with van der Waals surface area (Å²) < 4.78 is 0.861. The number of thiazole rings is 1. The minimum Gasteiger partial charge on any atom is -0.396 e. The minimum atomic E-state index is -0.513. The molecule has 0 aliphatic heterocycles. The zero-order chi connectivity index (χ0) is 20.7. The van der Waals surface area contributed by atoms with Crippen LogP contribution in [0.5, 0.6) is 0 Å². The molecule has 29 heavy (non-hydrogen) atoms. The van der Waals surface area contributed by atoms with Gasteiger partial charge in [-0.05, 0) is 32.3 Å². The molecule has 0 aliphatic rings. The summed E-state index contributed by atoms with van der Waals surface area (Å²) in [6.45, 7) is 4.77. The molecular formula is C20H27N5O2S2. The van der Waals surface area contributed by atoms with Gasteiger partial charge in [-0.25, -0.2) is 9.97 Å². The van der Waals surface area contributed by atoms with Crippen LogP contribution in [0.4, 0.5) is 10.9 Å². The lowest BCUT2D eigenvalue weighted by Crippen LogP contribution is -2.35. The molecule has 9 heteroatoms. The Kier molecular flexibility index (Phi) is 7.65. The zero-order valence-electron chi connectivity index (χ0n) is 16.7. The van der Waals surface area contributed by atoms with E-state index in [1.54, 1.807) is 11.8 Å². The normalized spacial score (nSPS) is 11.7. The Morgan fingerprint density at radius 1 is 1.07 bits per heavy atom. The summed E-state index contributed by atoms with van der Waals surface area (Å²) in [6, 6.07) is 10.2. The van der Waals surface area contributed by atoms with Gasteiger partial charge in [0, 0.05) is 18.9 Å². The lowest BCUT2D eigenvalue weighted by Gasteiger charge is -2.24. The van der Waals surface area contributed by atoms with E-state index >= 15 is 0 Å². The molecule has 0 bridgehead atoms. The van der Waals surface area contributed by atoms with E-state index in [9.17, 15) is 5.11 Å². The fourth-order valence-corrected chi connectivity index (χ4v) is 4.21. The first kappa shape index (κ1) is 21.8. The van der Waals surface area contributed by atoms with Gasteiger partial charge in [-0.15, -0.1) is 0 Å². The third-order valence-corrected chi connectivity index (χ3v) is 6.08. The highest BCUT2D eigenvalue weighted by Crippen LogP contribution is 2.33. The number of thioether (sulfide) groups is 1. The number of aliphatic hydroxyl groups excluding tert-OH is 2. The number of hydrogen-bond acceptors (Lipinski definition) is 9. The summed E-state index contributed by atoms with van der Waals surface area (Å²) in [5, 5.41) is 26.6. The second-order valence-corrected chi connectivity index (χ2v) is 9.27. The lowest BCUT2D eigenvalue weighted by molar-refractivity contribution is 0.234. The third-order valence-electron chi connectivity index (χ3n) is 4.16. The van der Waals surface area contributed by atoms with Crippen LogP contribution in [0.25, 0.3) is 10.3 Å². The summed E-state index contributed by atoms with van der Waals surface area (Å²) in [5.74, 6) is 1.46. The van der Waals surface area contributed by atoms with Gasteiger partial charge in [0.2, 0.25) is 0 Å². The van der Waals surface area contributed by atoms with Crippen molar-refractivity contribution in [3.63, 3.8) is 0 Å². The molecule has 0 fully saturated rings. The molecule has 0 radical (unpaired) electrons. The average Bonchev–Trinajstić information content (AvgIpc) is 3.13. The van der Waals surface area contributed by atoms with Crippen molar-refractivity contribution in [1.29, 1.82) is 0 Å². The first-order valence-electron chi connectivity index (χ1n) is 9.60. The van der Waals surface area contributed by atoms with Crippen molar-refractivity contribution in [2.24, 2.45) is 0 Å². The van der Waals surface area contributed by atoms with Crippen molar-refractivity contribution in [1.82, 2.24) is 15.0 Å². The molecule has 2 aromatic heterocycles. The highest BCUT2D eigenvalue weighted by atomic mass is 32.2. The fraction of sp³-hybridized carbons (Fsp3) is 0.450. The summed E-state index contributed by atoms with van der Waals surface area (Å²) in [7, 11) is 0. The fourth-order valence-electron chi connectivity index (χ4n) is 2.54. The summed E-state index contributed by atoms with van der Waals surface area (Å²) in [6.07, 6.45) is 1.63. The standard InChI is InChI=1S/C20H27N5O2S2/c1-20(2,13-27)25-17-15-16(22-18(29-15)21-10-6-7-11-26)23-19(24-17)28-12-14-8-4-3-5-9-14/h3-5,8-9,26-27H,6-7,10-13H2,1-2H3,(H2,21,22,23,24,25). The van der Waals surface area contributed by atoms with Crippen molar-refractivity contribution in [3.05, 3.63) is 35.9 Å². The predicted octanol–water partition coefficient (Wildman–Crippen LogP) is 3.75. The minimum absolute atomic E-state index is 0.0178. The molecule has 0 unspecified atom stereocenters. The number of fused-ring (bicyclic) bond motifs is 1. The Labute approximate surface area is 179 Å². The van der Waals surface area contributed by atoms with Gasteiger partial charge in [-0.1, -0.05) is 53.4 Å². The van der Waals surface area contributed by atoms with E-state index in [-0.39, 0.29) is 13.2 Å². The molecule has 0 atom stereocenters. The Morgan fingerprint density at radius 2 is 1.86 bits per heavy atom. The van der Waals surface area contributed by atoms with Crippen LogP contribution in [-0.4, -0.2) is 50.5 Å². The molecule has 3 aromatic rings. The molecule has 3 rings (SSSR count). The third kappa shape index (κ3) is 6.27. The molecular weight excluding hydrogens is 406 g/mol. The maximum Gasteiger partial charge on any atom is 0.191 e. The molecule has 0 saturated heterocycles. The van der Waals surface area contributed by atoms with Gasteiger partial charge in [-0.2, -0.15) is 4.98 Å². The van der Waals surface area contributed by atoms with Crippen molar-refractivity contribution in [3.8, 4) is 0 Å². The largest absolute Gasteiger partial charge is 0.396 e. The van der Waals surface area contributed by atoms with Crippen LogP contribution in [0.1, 0.15) is 32.3 Å². The highest BCUT2D eigenvalue weighted by Gasteiger charge is 2.21. The van der Waals surface area contributed by atoms with Gasteiger partial charge >= 0.3 is 0 Å². The number of unbranched alkanes of at least 4 members (excludes halogenated alkanes) is 1. The SMILES string of the molecule is CC(C)(CO)Nc1nc(SCc2ccccc2)nc2nc(NCCCCO)sc12. The van der Waals surface area contributed by atoms with Crippen LogP contribution in [0.15, 0.2) is 35.5 Å². The van der Waals surface area contributed by atoms with Gasteiger partial charge in [0.25, 0.3) is 0 Å². The summed E-state index contributed by atoms with van der Waals surface area (Å²) in [4.78, 5) is 14.0. The van der Waals surface area contributed by atoms with E-state index in [0.29, 0.717) is 16.6 Å². The Bertz CT molecular complexity index is 918. The van der Waals surface area contributed by atoms with Crippen LogP contribution < -0.4 is 10.6 Å². The van der Waals surface area contributed by atoms with Gasteiger partial charge < -0.3 is 20.8 Å². The van der Waals surface area contributed by atoms with Crippen molar-refractivity contribution in [2.75, 3.05) is 30.4 Å². The maximum absolute atomic E-state index is 9.66. The van der Waals surface area contributed by atoms with Crippen LogP contribution >= 0.6 is 23.1 Å². The van der Waals surface area contributed by atoms with Gasteiger partial charge in [-0.3, -0.25) is 0 Å². The molecule has 0 aliphatic carbocycles. The van der Waals surface area contributed by atoms with Crippen LogP contribution in [-0.2, 0) is 5.75 Å². The van der Waals surface area contributed by atoms with Gasteiger partial charge in [0.05, 0.1) is 12.1 Å². The van der Waals surface area contributed by atoms with Crippen LogP contribution in [0.2, 0.25) is 0 Å². The molecule has 2 heterocycles. The number of benzene rings is 1. The zero-order valence-corrected chi connectivity index (χ0v) is 18.3. The maximum atomic E-state index is 9.66. The van der Waals surface area contributed by atoms with E-state index in [2.05, 4.69) is 32.7 Å². The van der Waals surface area contributed by atoms with E-state index in [1.165, 1.54) is 16.9 Å². The summed E-state index contributed by atoms with van der Waals surface area (Å²) in [5.41, 5.74) is 1.33.